The van der Waals surface area contributed by atoms with E-state index >= 15 is 0 Å². The number of benzene rings is 2. The average molecular weight is 265 g/mol. The quantitative estimate of drug-likeness (QED) is 0.902. The molecule has 0 saturated carbocycles. The first-order chi connectivity index (χ1) is 8.56. The smallest absolute Gasteiger partial charge is 0.124 e. The third-order valence-electron chi connectivity index (χ3n) is 2.49. The molecule has 0 radical (unpaired) electrons. The van der Waals surface area contributed by atoms with Gasteiger partial charge in [0.05, 0.1) is 0 Å². The van der Waals surface area contributed by atoms with Gasteiger partial charge in [0.1, 0.15) is 11.6 Å². The van der Waals surface area contributed by atoms with Gasteiger partial charge in [-0.25, -0.2) is 8.78 Å². The molecule has 0 saturated heterocycles. The van der Waals surface area contributed by atoms with Gasteiger partial charge in [0.25, 0.3) is 0 Å². The third kappa shape index (κ3) is 3.09. The molecule has 2 aromatic carbocycles. The summed E-state index contributed by atoms with van der Waals surface area (Å²) in [6.45, 7) is 1.80. The summed E-state index contributed by atoms with van der Waals surface area (Å²) in [5.74, 6) is -0.602. The van der Waals surface area contributed by atoms with Crippen molar-refractivity contribution < 1.29 is 8.78 Å². The van der Waals surface area contributed by atoms with Gasteiger partial charge in [0.2, 0.25) is 0 Å². The van der Waals surface area contributed by atoms with Gasteiger partial charge in [0.15, 0.2) is 0 Å². The van der Waals surface area contributed by atoms with E-state index in [1.54, 1.807) is 19.1 Å². The molecule has 1 unspecified atom stereocenters. The molecule has 0 aromatic heterocycles. The normalized spacial score (nSPS) is 12.4. The van der Waals surface area contributed by atoms with E-state index < -0.39 is 0 Å². The Hall–Kier alpha value is -1.39. The third-order valence-corrected chi connectivity index (χ3v) is 3.57. The fourth-order valence-corrected chi connectivity index (χ4v) is 2.70. The predicted molar refractivity (Wildman–Crippen MR) is 69.5 cm³/mol. The van der Waals surface area contributed by atoms with E-state index in [0.717, 1.165) is 15.4 Å². The van der Waals surface area contributed by atoms with Crippen molar-refractivity contribution in [2.24, 2.45) is 5.73 Å². The fourth-order valence-electron chi connectivity index (χ4n) is 1.63. The van der Waals surface area contributed by atoms with Crippen LogP contribution < -0.4 is 5.73 Å². The molecule has 4 heteroatoms. The van der Waals surface area contributed by atoms with E-state index in [9.17, 15) is 8.78 Å². The van der Waals surface area contributed by atoms with Gasteiger partial charge in [-0.2, -0.15) is 0 Å². The summed E-state index contributed by atoms with van der Waals surface area (Å²) in [7, 11) is 0. The Morgan fingerprint density at radius 1 is 1.06 bits per heavy atom. The van der Waals surface area contributed by atoms with E-state index in [-0.39, 0.29) is 17.7 Å². The molecule has 0 bridgehead atoms. The molecule has 0 spiro atoms. The van der Waals surface area contributed by atoms with Crippen LogP contribution >= 0.6 is 11.8 Å². The lowest BCUT2D eigenvalue weighted by molar-refractivity contribution is 0.619. The Morgan fingerprint density at radius 2 is 1.78 bits per heavy atom. The maximum absolute atomic E-state index is 13.2. The summed E-state index contributed by atoms with van der Waals surface area (Å²) < 4.78 is 26.3. The zero-order valence-corrected chi connectivity index (χ0v) is 10.7. The maximum Gasteiger partial charge on any atom is 0.124 e. The first-order valence-electron chi connectivity index (χ1n) is 5.54. The Labute approximate surface area is 109 Å². The molecule has 2 N–H and O–H groups in total. The van der Waals surface area contributed by atoms with Crippen molar-refractivity contribution in [3.63, 3.8) is 0 Å². The lowest BCUT2D eigenvalue weighted by Crippen LogP contribution is -2.06. The largest absolute Gasteiger partial charge is 0.324 e. The number of hydrogen-bond acceptors (Lipinski definition) is 2. The van der Waals surface area contributed by atoms with E-state index in [2.05, 4.69) is 0 Å². The highest BCUT2D eigenvalue weighted by molar-refractivity contribution is 7.99. The van der Waals surface area contributed by atoms with Crippen LogP contribution in [0.25, 0.3) is 0 Å². The van der Waals surface area contributed by atoms with Gasteiger partial charge in [-0.05, 0) is 48.9 Å². The molecular weight excluding hydrogens is 252 g/mol. The monoisotopic (exact) mass is 265 g/mol. The minimum Gasteiger partial charge on any atom is -0.324 e. The summed E-state index contributed by atoms with van der Waals surface area (Å²) in [5.41, 5.74) is 6.54. The number of hydrogen-bond donors (Lipinski definition) is 1. The highest BCUT2D eigenvalue weighted by Gasteiger charge is 2.10. The predicted octanol–water partition coefficient (Wildman–Crippen LogP) is 4.14. The van der Waals surface area contributed by atoms with E-state index in [1.165, 1.54) is 36.0 Å². The summed E-state index contributed by atoms with van der Waals surface area (Å²) in [5, 5.41) is 0. The van der Waals surface area contributed by atoms with Gasteiger partial charge >= 0.3 is 0 Å². The van der Waals surface area contributed by atoms with Crippen molar-refractivity contribution in [2.75, 3.05) is 0 Å². The second-order valence-electron chi connectivity index (χ2n) is 4.03. The van der Waals surface area contributed by atoms with Crippen molar-refractivity contribution in [1.82, 2.24) is 0 Å². The zero-order chi connectivity index (χ0) is 13.1. The standard InChI is InChI=1S/C14H13F2NS/c1-9(17)13-8-11(16)5-6-14(13)18-12-4-2-3-10(15)7-12/h2-9H,17H2,1H3. The van der Waals surface area contributed by atoms with Gasteiger partial charge in [0, 0.05) is 15.8 Å². The van der Waals surface area contributed by atoms with E-state index in [0.29, 0.717) is 0 Å². The van der Waals surface area contributed by atoms with Gasteiger partial charge in [-0.15, -0.1) is 0 Å². The molecule has 0 aliphatic rings. The average Bonchev–Trinajstić information content (AvgIpc) is 2.31. The van der Waals surface area contributed by atoms with Crippen LogP contribution in [0.4, 0.5) is 8.78 Å². The Kier molecular flexibility index (Phi) is 3.99. The fraction of sp³-hybridized carbons (Fsp3) is 0.143. The molecule has 2 rings (SSSR count). The van der Waals surface area contributed by atoms with E-state index in [1.807, 2.05) is 6.07 Å². The first-order valence-corrected chi connectivity index (χ1v) is 6.36. The highest BCUT2D eigenvalue weighted by Crippen LogP contribution is 2.33. The van der Waals surface area contributed by atoms with Crippen LogP contribution in [-0.2, 0) is 0 Å². The molecule has 1 nitrogen and oxygen atoms in total. The molecule has 18 heavy (non-hydrogen) atoms. The molecule has 0 amide bonds. The lowest BCUT2D eigenvalue weighted by atomic mass is 10.1. The van der Waals surface area contributed by atoms with Crippen molar-refractivity contribution in [2.45, 2.75) is 22.8 Å². The summed E-state index contributed by atoms with van der Waals surface area (Å²) in [6.07, 6.45) is 0. The molecule has 0 aliphatic carbocycles. The SMILES string of the molecule is CC(N)c1cc(F)ccc1Sc1cccc(F)c1. The van der Waals surface area contributed by atoms with Crippen LogP contribution in [0, 0.1) is 11.6 Å². The van der Waals surface area contributed by atoms with Crippen LogP contribution in [0.3, 0.4) is 0 Å². The molecule has 94 valence electrons. The van der Waals surface area contributed by atoms with Gasteiger partial charge in [-0.1, -0.05) is 17.8 Å². The lowest BCUT2D eigenvalue weighted by Gasteiger charge is -2.12. The second-order valence-corrected chi connectivity index (χ2v) is 5.15. The molecular formula is C14H13F2NS. The zero-order valence-electron chi connectivity index (χ0n) is 9.86. The summed E-state index contributed by atoms with van der Waals surface area (Å²) >= 11 is 1.38. The van der Waals surface area contributed by atoms with Crippen LogP contribution in [-0.4, -0.2) is 0 Å². The van der Waals surface area contributed by atoms with Crippen molar-refractivity contribution in [3.8, 4) is 0 Å². The molecule has 0 fully saturated rings. The number of halogens is 2. The Morgan fingerprint density at radius 3 is 2.44 bits per heavy atom. The Bertz CT molecular complexity index is 555. The van der Waals surface area contributed by atoms with Crippen molar-refractivity contribution >= 4 is 11.8 Å². The Balaban J connectivity index is 2.34. The minimum atomic E-state index is -0.314. The van der Waals surface area contributed by atoms with Crippen LogP contribution in [0.2, 0.25) is 0 Å². The van der Waals surface area contributed by atoms with Crippen molar-refractivity contribution in [3.05, 3.63) is 59.7 Å². The minimum absolute atomic E-state index is 0.267. The molecule has 1 atom stereocenters. The van der Waals surface area contributed by atoms with Crippen LogP contribution in [0.5, 0.6) is 0 Å². The van der Waals surface area contributed by atoms with Crippen molar-refractivity contribution in [1.29, 1.82) is 0 Å². The maximum atomic E-state index is 13.2. The summed E-state index contributed by atoms with van der Waals surface area (Å²) in [4.78, 5) is 1.61. The number of nitrogens with two attached hydrogens (primary N) is 1. The van der Waals surface area contributed by atoms with Gasteiger partial charge < -0.3 is 5.73 Å². The second kappa shape index (κ2) is 5.50. The van der Waals surface area contributed by atoms with Crippen LogP contribution in [0.15, 0.2) is 52.3 Å². The summed E-state index contributed by atoms with van der Waals surface area (Å²) in [6, 6.07) is 10.5. The molecule has 2 aromatic rings. The topological polar surface area (TPSA) is 26.0 Å². The molecule has 0 aliphatic heterocycles. The van der Waals surface area contributed by atoms with Crippen LogP contribution in [0.1, 0.15) is 18.5 Å². The molecule has 0 heterocycles. The number of rotatable bonds is 3. The highest BCUT2D eigenvalue weighted by atomic mass is 32.2. The first kappa shape index (κ1) is 13.1. The van der Waals surface area contributed by atoms with Gasteiger partial charge in [-0.3, -0.25) is 0 Å². The van der Waals surface area contributed by atoms with E-state index in [4.69, 9.17) is 5.73 Å².